The van der Waals surface area contributed by atoms with E-state index in [0.29, 0.717) is 12.3 Å². The van der Waals surface area contributed by atoms with E-state index in [1.54, 1.807) is 0 Å². The summed E-state index contributed by atoms with van der Waals surface area (Å²) >= 11 is 0. The average Bonchev–Trinajstić information content (AvgIpc) is 2.72. The lowest BCUT2D eigenvalue weighted by Gasteiger charge is -2.09. The van der Waals surface area contributed by atoms with E-state index < -0.39 is 0 Å². The Bertz CT molecular complexity index is 466. The smallest absolute Gasteiger partial charge is 0.231 e. The quantitative estimate of drug-likeness (QED) is 0.393. The summed E-state index contributed by atoms with van der Waals surface area (Å²) in [7, 11) is 0. The van der Waals surface area contributed by atoms with Crippen LogP contribution >= 0.6 is 12.4 Å². The SMILES string of the molecule is Cl.N=C(N)NC(=N)NCc1ccc2c(c1)OCO2. The molecule has 0 saturated heterocycles. The van der Waals surface area contributed by atoms with Gasteiger partial charge in [0.15, 0.2) is 23.4 Å². The van der Waals surface area contributed by atoms with Crippen LogP contribution in [0.25, 0.3) is 0 Å². The number of rotatable bonds is 2. The lowest BCUT2D eigenvalue weighted by atomic mass is 10.2. The van der Waals surface area contributed by atoms with Crippen molar-refractivity contribution in [3.05, 3.63) is 23.8 Å². The minimum atomic E-state index is -0.270. The van der Waals surface area contributed by atoms with E-state index in [2.05, 4.69) is 10.6 Å². The maximum atomic E-state index is 7.42. The third kappa shape index (κ3) is 3.42. The zero-order valence-electron chi connectivity index (χ0n) is 9.45. The van der Waals surface area contributed by atoms with Crippen LogP contribution < -0.4 is 25.8 Å². The van der Waals surface area contributed by atoms with Crippen molar-refractivity contribution in [1.82, 2.24) is 10.6 Å². The second-order valence-electron chi connectivity index (χ2n) is 3.45. The topological polar surface area (TPSA) is 116 Å². The highest BCUT2D eigenvalue weighted by atomic mass is 35.5. The monoisotopic (exact) mass is 271 g/mol. The summed E-state index contributed by atoms with van der Waals surface area (Å²) in [6.07, 6.45) is 0. The first-order valence-corrected chi connectivity index (χ1v) is 4.97. The highest BCUT2D eigenvalue weighted by molar-refractivity contribution is 5.94. The molecule has 0 radical (unpaired) electrons. The predicted octanol–water partition coefficient (Wildman–Crippen LogP) is 0.345. The maximum absolute atomic E-state index is 7.42. The summed E-state index contributed by atoms with van der Waals surface area (Å²) in [5.74, 6) is 1.14. The Morgan fingerprint density at radius 2 is 2.00 bits per heavy atom. The molecular formula is C10H14ClN5O2. The second-order valence-corrected chi connectivity index (χ2v) is 3.45. The van der Waals surface area contributed by atoms with Crippen LogP contribution in [-0.2, 0) is 6.54 Å². The fraction of sp³-hybridized carbons (Fsp3) is 0.200. The number of nitrogens with two attached hydrogens (primary N) is 1. The minimum Gasteiger partial charge on any atom is -0.454 e. The number of fused-ring (bicyclic) bond motifs is 1. The Morgan fingerprint density at radius 3 is 2.72 bits per heavy atom. The van der Waals surface area contributed by atoms with Gasteiger partial charge in [-0.05, 0) is 17.7 Å². The zero-order valence-corrected chi connectivity index (χ0v) is 10.3. The van der Waals surface area contributed by atoms with Gasteiger partial charge in [-0.3, -0.25) is 16.1 Å². The number of ether oxygens (including phenoxy) is 2. The molecule has 18 heavy (non-hydrogen) atoms. The molecule has 98 valence electrons. The van der Waals surface area contributed by atoms with Gasteiger partial charge < -0.3 is 20.5 Å². The molecule has 0 atom stereocenters. The highest BCUT2D eigenvalue weighted by Gasteiger charge is 2.12. The Hall–Kier alpha value is -2.15. The summed E-state index contributed by atoms with van der Waals surface area (Å²) < 4.78 is 10.4. The number of hydrogen-bond acceptors (Lipinski definition) is 4. The van der Waals surface area contributed by atoms with E-state index in [0.717, 1.165) is 11.3 Å². The van der Waals surface area contributed by atoms with E-state index in [9.17, 15) is 0 Å². The largest absolute Gasteiger partial charge is 0.454 e. The lowest BCUT2D eigenvalue weighted by molar-refractivity contribution is 0.174. The molecular weight excluding hydrogens is 258 g/mol. The summed E-state index contributed by atoms with van der Waals surface area (Å²) in [6.45, 7) is 0.684. The van der Waals surface area contributed by atoms with Crippen molar-refractivity contribution in [2.45, 2.75) is 6.54 Å². The van der Waals surface area contributed by atoms with Crippen LogP contribution in [0.3, 0.4) is 0 Å². The number of halogens is 1. The van der Waals surface area contributed by atoms with Crippen molar-refractivity contribution in [1.29, 1.82) is 10.8 Å². The van der Waals surface area contributed by atoms with Crippen LogP contribution in [0.5, 0.6) is 11.5 Å². The van der Waals surface area contributed by atoms with Gasteiger partial charge in [0.2, 0.25) is 6.79 Å². The molecule has 0 spiro atoms. The second kappa shape index (κ2) is 5.97. The molecule has 8 heteroatoms. The predicted molar refractivity (Wildman–Crippen MR) is 69.4 cm³/mol. The van der Waals surface area contributed by atoms with Crippen molar-refractivity contribution >= 4 is 24.3 Å². The van der Waals surface area contributed by atoms with Gasteiger partial charge in [0.25, 0.3) is 0 Å². The Kier molecular flexibility index (Phi) is 4.61. The van der Waals surface area contributed by atoms with Gasteiger partial charge in [-0.15, -0.1) is 12.4 Å². The number of hydrogen-bond donors (Lipinski definition) is 5. The maximum Gasteiger partial charge on any atom is 0.231 e. The standard InChI is InChI=1S/C10H13N5O2.ClH/c11-9(12)15-10(13)14-4-6-1-2-7-8(3-6)17-5-16-7;/h1-3H,4-5H2,(H6,11,12,13,14,15);1H. The van der Waals surface area contributed by atoms with Crippen LogP contribution in [0.15, 0.2) is 18.2 Å². The van der Waals surface area contributed by atoms with Gasteiger partial charge in [-0.1, -0.05) is 6.07 Å². The van der Waals surface area contributed by atoms with Gasteiger partial charge in [-0.2, -0.15) is 0 Å². The van der Waals surface area contributed by atoms with Crippen LogP contribution in [-0.4, -0.2) is 18.7 Å². The van der Waals surface area contributed by atoms with Crippen molar-refractivity contribution in [3.63, 3.8) is 0 Å². The van der Waals surface area contributed by atoms with Crippen molar-refractivity contribution in [2.75, 3.05) is 6.79 Å². The van der Waals surface area contributed by atoms with E-state index >= 15 is 0 Å². The number of benzene rings is 1. The van der Waals surface area contributed by atoms with Gasteiger partial charge in [0.05, 0.1) is 0 Å². The molecule has 1 aliphatic heterocycles. The fourth-order valence-corrected chi connectivity index (χ4v) is 1.42. The van der Waals surface area contributed by atoms with Crippen molar-refractivity contribution < 1.29 is 9.47 Å². The van der Waals surface area contributed by atoms with Gasteiger partial charge >= 0.3 is 0 Å². The summed E-state index contributed by atoms with van der Waals surface area (Å²) in [4.78, 5) is 0. The Balaban J connectivity index is 0.00000162. The molecule has 0 fully saturated rings. The van der Waals surface area contributed by atoms with Gasteiger partial charge in [0, 0.05) is 6.54 Å². The lowest BCUT2D eigenvalue weighted by Crippen LogP contribution is -2.42. The normalized spacial score (nSPS) is 11.3. The average molecular weight is 272 g/mol. The Morgan fingerprint density at radius 1 is 1.28 bits per heavy atom. The van der Waals surface area contributed by atoms with Gasteiger partial charge in [0.1, 0.15) is 0 Å². The van der Waals surface area contributed by atoms with E-state index in [1.807, 2.05) is 18.2 Å². The fourth-order valence-electron chi connectivity index (χ4n) is 1.42. The molecule has 0 saturated carbocycles. The summed E-state index contributed by atoms with van der Waals surface area (Å²) in [5.41, 5.74) is 6.04. The third-order valence-electron chi connectivity index (χ3n) is 2.17. The molecule has 0 aliphatic carbocycles. The molecule has 7 nitrogen and oxygen atoms in total. The van der Waals surface area contributed by atoms with Crippen LogP contribution in [0.4, 0.5) is 0 Å². The minimum absolute atomic E-state index is 0. The first-order chi connectivity index (χ1) is 8.15. The van der Waals surface area contributed by atoms with Crippen LogP contribution in [0, 0.1) is 10.8 Å². The van der Waals surface area contributed by atoms with Crippen molar-refractivity contribution in [3.8, 4) is 11.5 Å². The molecule has 0 aromatic heterocycles. The molecule has 1 aromatic rings. The molecule has 1 aromatic carbocycles. The van der Waals surface area contributed by atoms with E-state index in [4.69, 9.17) is 26.0 Å². The Labute approximate surface area is 110 Å². The number of guanidine groups is 2. The molecule has 1 heterocycles. The first kappa shape index (κ1) is 13.9. The molecule has 0 unspecified atom stereocenters. The molecule has 0 bridgehead atoms. The first-order valence-electron chi connectivity index (χ1n) is 4.97. The molecule has 1 aliphatic rings. The summed E-state index contributed by atoms with van der Waals surface area (Å²) in [5, 5.41) is 19.5. The van der Waals surface area contributed by atoms with Crippen LogP contribution in [0.1, 0.15) is 5.56 Å². The van der Waals surface area contributed by atoms with Crippen LogP contribution in [0.2, 0.25) is 0 Å². The van der Waals surface area contributed by atoms with E-state index in [-0.39, 0.29) is 31.1 Å². The summed E-state index contributed by atoms with van der Waals surface area (Å²) in [6, 6.07) is 5.54. The third-order valence-corrected chi connectivity index (χ3v) is 2.17. The molecule has 6 N–H and O–H groups in total. The molecule has 2 rings (SSSR count). The highest BCUT2D eigenvalue weighted by Crippen LogP contribution is 2.32. The van der Waals surface area contributed by atoms with Gasteiger partial charge in [-0.25, -0.2) is 0 Å². The molecule has 0 amide bonds. The number of nitrogens with one attached hydrogen (secondary N) is 4. The zero-order chi connectivity index (χ0) is 12.3. The van der Waals surface area contributed by atoms with Crippen molar-refractivity contribution in [2.24, 2.45) is 5.73 Å². The van der Waals surface area contributed by atoms with E-state index in [1.165, 1.54) is 0 Å².